The zero-order valence-electron chi connectivity index (χ0n) is 12.1. The van der Waals surface area contributed by atoms with Crippen LogP contribution < -0.4 is 0 Å². The summed E-state index contributed by atoms with van der Waals surface area (Å²) in [7, 11) is 0. The Morgan fingerprint density at radius 1 is 1.05 bits per heavy atom. The molecule has 2 atom stereocenters. The molecule has 0 amide bonds. The lowest BCUT2D eigenvalue weighted by molar-refractivity contribution is -0.149. The van der Waals surface area contributed by atoms with Gasteiger partial charge in [-0.3, -0.25) is 4.79 Å². The first-order valence-corrected chi connectivity index (χ1v) is 7.16. The first-order chi connectivity index (χ1) is 10.2. The maximum atomic E-state index is 12.3. The molecule has 0 bridgehead atoms. The van der Waals surface area contributed by atoms with Crippen molar-refractivity contribution in [3.8, 4) is 0 Å². The van der Waals surface area contributed by atoms with Crippen LogP contribution in [0.5, 0.6) is 0 Å². The SMILES string of the molecule is CCC(O)C(C(=O)OCc1ccccc1)c1ccccc1. The van der Waals surface area contributed by atoms with E-state index < -0.39 is 12.0 Å². The summed E-state index contributed by atoms with van der Waals surface area (Å²) in [6.45, 7) is 2.07. The Balaban J connectivity index is 2.08. The molecule has 21 heavy (non-hydrogen) atoms. The minimum absolute atomic E-state index is 0.222. The van der Waals surface area contributed by atoms with Crippen molar-refractivity contribution in [3.05, 3.63) is 71.8 Å². The average molecular weight is 284 g/mol. The Hall–Kier alpha value is -2.13. The molecule has 2 unspecified atom stereocenters. The van der Waals surface area contributed by atoms with Gasteiger partial charge in [0.25, 0.3) is 0 Å². The van der Waals surface area contributed by atoms with E-state index >= 15 is 0 Å². The highest BCUT2D eigenvalue weighted by molar-refractivity contribution is 5.79. The second-order valence-corrected chi connectivity index (χ2v) is 4.96. The van der Waals surface area contributed by atoms with Gasteiger partial charge in [0.15, 0.2) is 0 Å². The molecule has 110 valence electrons. The summed E-state index contributed by atoms with van der Waals surface area (Å²) in [6.07, 6.45) is -0.240. The number of rotatable bonds is 6. The molecule has 0 radical (unpaired) electrons. The maximum Gasteiger partial charge on any atom is 0.316 e. The minimum Gasteiger partial charge on any atom is -0.460 e. The molecule has 1 N–H and O–H groups in total. The molecule has 3 nitrogen and oxygen atoms in total. The lowest BCUT2D eigenvalue weighted by atomic mass is 9.92. The number of carbonyl (C=O) groups is 1. The van der Waals surface area contributed by atoms with Crippen molar-refractivity contribution >= 4 is 5.97 Å². The minimum atomic E-state index is -0.740. The van der Waals surface area contributed by atoms with E-state index in [0.717, 1.165) is 11.1 Å². The summed E-state index contributed by atoms with van der Waals surface area (Å²) in [6, 6.07) is 18.8. The van der Waals surface area contributed by atoms with Crippen molar-refractivity contribution in [3.63, 3.8) is 0 Å². The Kier molecular flexibility index (Phi) is 5.52. The van der Waals surface area contributed by atoms with E-state index in [-0.39, 0.29) is 12.6 Å². The third-order valence-electron chi connectivity index (χ3n) is 3.44. The van der Waals surface area contributed by atoms with Crippen LogP contribution in [-0.4, -0.2) is 17.2 Å². The highest BCUT2D eigenvalue weighted by Crippen LogP contribution is 2.23. The molecule has 0 aliphatic rings. The van der Waals surface area contributed by atoms with Gasteiger partial charge in [-0.15, -0.1) is 0 Å². The van der Waals surface area contributed by atoms with Gasteiger partial charge in [-0.1, -0.05) is 67.6 Å². The second kappa shape index (κ2) is 7.60. The average Bonchev–Trinajstić information content (AvgIpc) is 2.55. The molecule has 0 saturated carbocycles. The quantitative estimate of drug-likeness (QED) is 0.828. The molecular weight excluding hydrogens is 264 g/mol. The van der Waals surface area contributed by atoms with Crippen molar-refractivity contribution in [1.82, 2.24) is 0 Å². The van der Waals surface area contributed by atoms with Gasteiger partial charge in [-0.05, 0) is 17.5 Å². The van der Waals surface area contributed by atoms with Crippen molar-refractivity contribution in [2.75, 3.05) is 0 Å². The predicted octanol–water partition coefficient (Wildman–Crippen LogP) is 3.28. The largest absolute Gasteiger partial charge is 0.460 e. The normalized spacial score (nSPS) is 13.4. The van der Waals surface area contributed by atoms with Crippen LogP contribution >= 0.6 is 0 Å². The molecule has 2 rings (SSSR count). The van der Waals surface area contributed by atoms with Gasteiger partial charge in [0.1, 0.15) is 12.5 Å². The third-order valence-corrected chi connectivity index (χ3v) is 3.44. The Bertz CT molecular complexity index is 551. The van der Waals surface area contributed by atoms with Gasteiger partial charge < -0.3 is 9.84 Å². The number of aliphatic hydroxyl groups is 1. The van der Waals surface area contributed by atoms with Gasteiger partial charge in [0.05, 0.1) is 6.10 Å². The van der Waals surface area contributed by atoms with Crippen LogP contribution in [0.25, 0.3) is 0 Å². The Labute approximate surface area is 125 Å². The molecule has 2 aromatic rings. The summed E-state index contributed by atoms with van der Waals surface area (Å²) >= 11 is 0. The predicted molar refractivity (Wildman–Crippen MR) is 81.7 cm³/mol. The van der Waals surface area contributed by atoms with E-state index in [4.69, 9.17) is 4.74 Å². The second-order valence-electron chi connectivity index (χ2n) is 4.96. The van der Waals surface area contributed by atoms with Gasteiger partial charge in [0.2, 0.25) is 0 Å². The van der Waals surface area contributed by atoms with Crippen molar-refractivity contribution in [2.45, 2.75) is 32.0 Å². The molecule has 0 fully saturated rings. The summed E-state index contributed by atoms with van der Waals surface area (Å²) in [5.74, 6) is -1.03. The number of benzene rings is 2. The van der Waals surface area contributed by atoms with Crippen molar-refractivity contribution in [1.29, 1.82) is 0 Å². The van der Waals surface area contributed by atoms with Gasteiger partial charge in [0, 0.05) is 0 Å². The molecule has 3 heteroatoms. The number of hydrogen-bond acceptors (Lipinski definition) is 3. The molecular formula is C18H20O3. The highest BCUT2D eigenvalue weighted by Gasteiger charge is 2.28. The van der Waals surface area contributed by atoms with Crippen LogP contribution in [0.15, 0.2) is 60.7 Å². The number of hydrogen-bond donors (Lipinski definition) is 1. The van der Waals surface area contributed by atoms with E-state index in [1.165, 1.54) is 0 Å². The maximum absolute atomic E-state index is 12.3. The smallest absolute Gasteiger partial charge is 0.316 e. The van der Waals surface area contributed by atoms with Gasteiger partial charge in [-0.25, -0.2) is 0 Å². The topological polar surface area (TPSA) is 46.5 Å². The fraction of sp³-hybridized carbons (Fsp3) is 0.278. The number of aliphatic hydroxyl groups excluding tert-OH is 1. The fourth-order valence-corrected chi connectivity index (χ4v) is 2.23. The van der Waals surface area contributed by atoms with Crippen molar-refractivity contribution in [2.24, 2.45) is 0 Å². The zero-order chi connectivity index (χ0) is 15.1. The first kappa shape index (κ1) is 15.3. The van der Waals surface area contributed by atoms with Crippen LogP contribution in [-0.2, 0) is 16.1 Å². The third kappa shape index (κ3) is 4.17. The van der Waals surface area contributed by atoms with Gasteiger partial charge >= 0.3 is 5.97 Å². The lowest BCUT2D eigenvalue weighted by Crippen LogP contribution is -2.27. The molecule has 2 aromatic carbocycles. The fourth-order valence-electron chi connectivity index (χ4n) is 2.23. The lowest BCUT2D eigenvalue weighted by Gasteiger charge is -2.21. The van der Waals surface area contributed by atoms with E-state index in [0.29, 0.717) is 6.42 Å². The summed E-state index contributed by atoms with van der Waals surface area (Å²) in [4.78, 5) is 12.3. The van der Waals surface area contributed by atoms with E-state index in [9.17, 15) is 9.90 Å². The van der Waals surface area contributed by atoms with Crippen LogP contribution in [0, 0.1) is 0 Å². The number of esters is 1. The standard InChI is InChI=1S/C18H20O3/c1-2-16(19)17(15-11-7-4-8-12-15)18(20)21-13-14-9-5-3-6-10-14/h3-12,16-17,19H,2,13H2,1H3. The van der Waals surface area contributed by atoms with Crippen LogP contribution in [0.1, 0.15) is 30.4 Å². The molecule has 0 aliphatic carbocycles. The summed E-state index contributed by atoms with van der Waals surface area (Å²) in [5, 5.41) is 10.1. The Morgan fingerprint density at radius 3 is 2.19 bits per heavy atom. The van der Waals surface area contributed by atoms with E-state index in [2.05, 4.69) is 0 Å². The zero-order valence-corrected chi connectivity index (χ0v) is 12.1. The monoisotopic (exact) mass is 284 g/mol. The molecule has 0 heterocycles. The number of carbonyl (C=O) groups excluding carboxylic acids is 1. The summed E-state index contributed by atoms with van der Waals surface area (Å²) in [5.41, 5.74) is 1.72. The van der Waals surface area contributed by atoms with Crippen molar-refractivity contribution < 1.29 is 14.6 Å². The first-order valence-electron chi connectivity index (χ1n) is 7.16. The van der Waals surface area contributed by atoms with E-state index in [1.54, 1.807) is 0 Å². The summed E-state index contributed by atoms with van der Waals surface area (Å²) < 4.78 is 5.37. The molecule has 0 aliphatic heterocycles. The van der Waals surface area contributed by atoms with Crippen LogP contribution in [0.3, 0.4) is 0 Å². The highest BCUT2D eigenvalue weighted by atomic mass is 16.5. The number of ether oxygens (including phenoxy) is 1. The Morgan fingerprint density at radius 2 is 1.62 bits per heavy atom. The van der Waals surface area contributed by atoms with Crippen LogP contribution in [0.4, 0.5) is 0 Å². The molecule has 0 spiro atoms. The van der Waals surface area contributed by atoms with Gasteiger partial charge in [-0.2, -0.15) is 0 Å². The van der Waals surface area contributed by atoms with E-state index in [1.807, 2.05) is 67.6 Å². The molecule has 0 saturated heterocycles. The molecule has 0 aromatic heterocycles. The van der Waals surface area contributed by atoms with Crippen LogP contribution in [0.2, 0.25) is 0 Å².